The van der Waals surface area contributed by atoms with Crippen molar-refractivity contribution in [2.45, 2.75) is 13.0 Å². The smallest absolute Gasteiger partial charge is 0.166 e. The highest BCUT2D eigenvalue weighted by Crippen LogP contribution is 2.36. The van der Waals surface area contributed by atoms with Gasteiger partial charge in [-0.2, -0.15) is 0 Å². The van der Waals surface area contributed by atoms with Crippen molar-refractivity contribution in [2.75, 3.05) is 11.5 Å². The zero-order chi connectivity index (χ0) is 18.8. The summed E-state index contributed by atoms with van der Waals surface area (Å²) in [7, 11) is 0. The molecule has 3 rings (SSSR count). The summed E-state index contributed by atoms with van der Waals surface area (Å²) in [4.78, 5) is 8.19. The lowest BCUT2D eigenvalue weighted by molar-refractivity contribution is 0.227. The van der Waals surface area contributed by atoms with E-state index in [0.29, 0.717) is 22.2 Å². The standard InChI is InChI=1S/C18H15Cl2FN4O/c1-9(16-12(19)3-4-13(21)17(16)20)26-14-6-11(8-25-18(14)23)10-2-5-15(22)24-7-10/h2-9H,1H3,(H2,22,24)(H2,23,25)/t9-/m0/s1. The van der Waals surface area contributed by atoms with E-state index >= 15 is 0 Å². The molecule has 1 aromatic carbocycles. The number of pyridine rings is 2. The highest BCUT2D eigenvalue weighted by atomic mass is 35.5. The molecule has 0 aliphatic rings. The molecule has 0 spiro atoms. The summed E-state index contributed by atoms with van der Waals surface area (Å²) in [6.45, 7) is 1.70. The molecule has 4 N–H and O–H groups in total. The Balaban J connectivity index is 1.94. The summed E-state index contributed by atoms with van der Waals surface area (Å²) in [6, 6.07) is 7.83. The van der Waals surface area contributed by atoms with Gasteiger partial charge in [0.1, 0.15) is 17.7 Å². The highest BCUT2D eigenvalue weighted by Gasteiger charge is 2.20. The minimum Gasteiger partial charge on any atom is -0.482 e. The van der Waals surface area contributed by atoms with Crippen molar-refractivity contribution in [3.05, 3.63) is 64.2 Å². The Hall–Kier alpha value is -2.57. The molecule has 0 aliphatic carbocycles. The van der Waals surface area contributed by atoms with Crippen molar-refractivity contribution in [1.29, 1.82) is 0 Å². The molecule has 8 heteroatoms. The van der Waals surface area contributed by atoms with Gasteiger partial charge in [-0.1, -0.05) is 23.2 Å². The minimum atomic E-state index is -0.644. The van der Waals surface area contributed by atoms with Crippen LogP contribution in [0.2, 0.25) is 10.0 Å². The number of nitrogen functional groups attached to an aromatic ring is 2. The molecule has 1 atom stereocenters. The minimum absolute atomic E-state index is 0.0876. The van der Waals surface area contributed by atoms with Gasteiger partial charge in [-0.25, -0.2) is 14.4 Å². The van der Waals surface area contributed by atoms with Gasteiger partial charge in [-0.05, 0) is 37.3 Å². The van der Waals surface area contributed by atoms with Crippen molar-refractivity contribution < 1.29 is 9.13 Å². The van der Waals surface area contributed by atoms with E-state index in [1.165, 1.54) is 12.1 Å². The van der Waals surface area contributed by atoms with E-state index in [1.54, 1.807) is 31.5 Å². The van der Waals surface area contributed by atoms with Crippen LogP contribution in [-0.4, -0.2) is 9.97 Å². The van der Waals surface area contributed by atoms with Crippen LogP contribution < -0.4 is 16.2 Å². The van der Waals surface area contributed by atoms with Gasteiger partial charge in [-0.3, -0.25) is 0 Å². The number of nitrogens with zero attached hydrogens (tertiary/aromatic N) is 2. The van der Waals surface area contributed by atoms with Crippen molar-refractivity contribution >= 4 is 34.8 Å². The molecule has 0 fully saturated rings. The molecule has 0 aliphatic heterocycles. The lowest BCUT2D eigenvalue weighted by atomic mass is 10.1. The summed E-state index contributed by atoms with van der Waals surface area (Å²) in [5, 5.41) is 0.213. The third-order valence-corrected chi connectivity index (χ3v) is 4.50. The predicted molar refractivity (Wildman–Crippen MR) is 102 cm³/mol. The second-order valence-electron chi connectivity index (χ2n) is 5.60. The molecule has 0 bridgehead atoms. The van der Waals surface area contributed by atoms with Crippen molar-refractivity contribution in [3.8, 4) is 16.9 Å². The van der Waals surface area contributed by atoms with E-state index < -0.39 is 11.9 Å². The van der Waals surface area contributed by atoms with Crippen LogP contribution in [0.25, 0.3) is 11.1 Å². The van der Waals surface area contributed by atoms with Crippen LogP contribution in [0, 0.1) is 5.82 Å². The van der Waals surface area contributed by atoms with Gasteiger partial charge in [0.05, 0.1) is 5.02 Å². The Labute approximate surface area is 159 Å². The molecule has 0 saturated carbocycles. The second kappa shape index (κ2) is 7.35. The number of nitrogens with two attached hydrogens (primary N) is 2. The van der Waals surface area contributed by atoms with Gasteiger partial charge in [0, 0.05) is 34.1 Å². The van der Waals surface area contributed by atoms with E-state index in [2.05, 4.69) is 9.97 Å². The molecular weight excluding hydrogens is 378 g/mol. The fourth-order valence-electron chi connectivity index (χ4n) is 2.45. The lowest BCUT2D eigenvalue weighted by Crippen LogP contribution is -2.08. The average Bonchev–Trinajstić information content (AvgIpc) is 2.61. The van der Waals surface area contributed by atoms with Gasteiger partial charge >= 0.3 is 0 Å². The summed E-state index contributed by atoms with van der Waals surface area (Å²) < 4.78 is 19.6. The maximum Gasteiger partial charge on any atom is 0.166 e. The van der Waals surface area contributed by atoms with Gasteiger partial charge < -0.3 is 16.2 Å². The SMILES string of the molecule is C[C@H](Oc1cc(-c2ccc(N)nc2)cnc1N)c1c(Cl)ccc(F)c1Cl. The number of ether oxygens (including phenoxy) is 1. The molecule has 0 radical (unpaired) electrons. The first kappa shape index (κ1) is 18.2. The van der Waals surface area contributed by atoms with Gasteiger partial charge in [0.15, 0.2) is 11.6 Å². The molecule has 0 saturated heterocycles. The summed E-state index contributed by atoms with van der Waals surface area (Å²) in [5.74, 6) is 0.350. The third-order valence-electron chi connectivity index (χ3n) is 3.79. The van der Waals surface area contributed by atoms with Crippen LogP contribution in [0.5, 0.6) is 5.75 Å². The Morgan fingerprint density at radius 1 is 1.04 bits per heavy atom. The maximum absolute atomic E-state index is 13.8. The molecular formula is C18H15Cl2FN4O. The van der Waals surface area contributed by atoms with Crippen LogP contribution in [0.1, 0.15) is 18.6 Å². The Kier molecular flexibility index (Phi) is 5.15. The van der Waals surface area contributed by atoms with Crippen LogP contribution in [0.3, 0.4) is 0 Å². The number of aromatic nitrogens is 2. The van der Waals surface area contributed by atoms with Crippen LogP contribution >= 0.6 is 23.2 Å². The normalized spacial score (nSPS) is 12.0. The van der Waals surface area contributed by atoms with Crippen LogP contribution in [-0.2, 0) is 0 Å². The largest absolute Gasteiger partial charge is 0.482 e. The van der Waals surface area contributed by atoms with E-state index in [1.807, 2.05) is 6.07 Å². The number of halogens is 3. The molecule has 26 heavy (non-hydrogen) atoms. The molecule has 0 unspecified atom stereocenters. The Morgan fingerprint density at radius 2 is 1.77 bits per heavy atom. The van der Waals surface area contributed by atoms with Crippen molar-refractivity contribution in [3.63, 3.8) is 0 Å². The van der Waals surface area contributed by atoms with Crippen LogP contribution in [0.15, 0.2) is 42.7 Å². The van der Waals surface area contributed by atoms with E-state index in [4.69, 9.17) is 39.4 Å². The number of hydrogen-bond donors (Lipinski definition) is 2. The molecule has 0 amide bonds. The zero-order valence-electron chi connectivity index (χ0n) is 13.7. The van der Waals surface area contributed by atoms with Gasteiger partial charge in [0.2, 0.25) is 0 Å². The average molecular weight is 393 g/mol. The van der Waals surface area contributed by atoms with Gasteiger partial charge in [-0.15, -0.1) is 0 Å². The first-order valence-electron chi connectivity index (χ1n) is 7.64. The van der Waals surface area contributed by atoms with E-state index in [9.17, 15) is 4.39 Å². The number of hydrogen-bond acceptors (Lipinski definition) is 5. The Bertz CT molecular complexity index is 951. The summed E-state index contributed by atoms with van der Waals surface area (Å²) in [6.07, 6.45) is 2.58. The lowest BCUT2D eigenvalue weighted by Gasteiger charge is -2.19. The Morgan fingerprint density at radius 3 is 2.46 bits per heavy atom. The van der Waals surface area contributed by atoms with Crippen molar-refractivity contribution in [1.82, 2.24) is 9.97 Å². The molecule has 134 valence electrons. The van der Waals surface area contributed by atoms with Gasteiger partial charge in [0.25, 0.3) is 0 Å². The molecule has 2 heterocycles. The zero-order valence-corrected chi connectivity index (χ0v) is 15.2. The third kappa shape index (κ3) is 3.66. The molecule has 3 aromatic rings. The predicted octanol–water partition coefficient (Wildman–Crippen LogP) is 4.89. The summed E-state index contributed by atoms with van der Waals surface area (Å²) >= 11 is 12.2. The first-order chi connectivity index (χ1) is 12.4. The number of rotatable bonds is 4. The quantitative estimate of drug-likeness (QED) is 0.616. The first-order valence-corrected chi connectivity index (χ1v) is 8.40. The van der Waals surface area contributed by atoms with Crippen LogP contribution in [0.4, 0.5) is 16.0 Å². The van der Waals surface area contributed by atoms with E-state index in [-0.39, 0.29) is 10.8 Å². The number of anilines is 2. The topological polar surface area (TPSA) is 87.0 Å². The monoisotopic (exact) mass is 392 g/mol. The summed E-state index contributed by atoms with van der Waals surface area (Å²) in [5.41, 5.74) is 13.4. The fraction of sp³-hybridized carbons (Fsp3) is 0.111. The second-order valence-corrected chi connectivity index (χ2v) is 6.38. The van der Waals surface area contributed by atoms with Crippen molar-refractivity contribution in [2.24, 2.45) is 0 Å². The number of benzene rings is 1. The maximum atomic E-state index is 13.8. The van der Waals surface area contributed by atoms with E-state index in [0.717, 1.165) is 11.1 Å². The molecule has 2 aromatic heterocycles. The fourth-order valence-corrected chi connectivity index (χ4v) is 3.13. The molecule has 5 nitrogen and oxygen atoms in total. The highest BCUT2D eigenvalue weighted by molar-refractivity contribution is 6.36.